The van der Waals surface area contributed by atoms with E-state index in [1.54, 1.807) is 6.20 Å². The van der Waals surface area contributed by atoms with Gasteiger partial charge in [0.15, 0.2) is 0 Å². The minimum atomic E-state index is -0.595. The lowest BCUT2D eigenvalue weighted by atomic mass is 10.2. The smallest absolute Gasteiger partial charge is 0.120 e. The molecule has 0 spiro atoms. The van der Waals surface area contributed by atoms with E-state index in [2.05, 4.69) is 4.98 Å². The lowest BCUT2D eigenvalue weighted by Gasteiger charge is -2.14. The van der Waals surface area contributed by atoms with Gasteiger partial charge in [-0.25, -0.2) is 4.98 Å². The van der Waals surface area contributed by atoms with E-state index in [0.29, 0.717) is 18.9 Å². The maximum absolute atomic E-state index is 10.1. The third-order valence-electron chi connectivity index (χ3n) is 3.85. The molecule has 0 saturated heterocycles. The maximum Gasteiger partial charge on any atom is 0.120 e. The summed E-state index contributed by atoms with van der Waals surface area (Å²) in [7, 11) is 0. The molecule has 0 amide bonds. The van der Waals surface area contributed by atoms with Crippen molar-refractivity contribution < 1.29 is 14.6 Å². The molecule has 2 aromatic carbocycles. The minimum Gasteiger partial charge on any atom is -0.491 e. The van der Waals surface area contributed by atoms with Crippen LogP contribution in [-0.2, 0) is 13.2 Å². The Kier molecular flexibility index (Phi) is 5.69. The van der Waals surface area contributed by atoms with Crippen LogP contribution in [0.4, 0.5) is 0 Å². The van der Waals surface area contributed by atoms with Crippen molar-refractivity contribution in [2.24, 2.45) is 0 Å². The second-order valence-electron chi connectivity index (χ2n) is 5.84. The normalized spacial score (nSPS) is 11.9. The molecule has 130 valence electrons. The van der Waals surface area contributed by atoms with Gasteiger partial charge in [-0.1, -0.05) is 30.3 Å². The molecule has 0 radical (unpaired) electrons. The number of nitrogens with zero attached hydrogens (tertiary/aromatic N) is 2. The van der Waals surface area contributed by atoms with Crippen LogP contribution >= 0.6 is 0 Å². The molecule has 5 nitrogen and oxygen atoms in total. The van der Waals surface area contributed by atoms with E-state index in [4.69, 9.17) is 9.47 Å². The molecule has 0 aliphatic heterocycles. The second-order valence-corrected chi connectivity index (χ2v) is 5.84. The Morgan fingerprint density at radius 3 is 2.32 bits per heavy atom. The highest BCUT2D eigenvalue weighted by Crippen LogP contribution is 2.19. The number of aromatic nitrogens is 2. The highest BCUT2D eigenvalue weighted by molar-refractivity contribution is 5.31. The molecule has 0 aliphatic rings. The number of rotatable bonds is 8. The van der Waals surface area contributed by atoms with Crippen LogP contribution in [0, 0.1) is 6.92 Å². The molecule has 3 aromatic rings. The van der Waals surface area contributed by atoms with Crippen LogP contribution in [0.2, 0.25) is 0 Å². The molecule has 0 aliphatic carbocycles. The first-order valence-electron chi connectivity index (χ1n) is 8.26. The van der Waals surface area contributed by atoms with Crippen LogP contribution in [0.25, 0.3) is 0 Å². The molecule has 5 heteroatoms. The van der Waals surface area contributed by atoms with E-state index >= 15 is 0 Å². The predicted octanol–water partition coefficient (Wildman–Crippen LogP) is 3.21. The summed E-state index contributed by atoms with van der Waals surface area (Å²) < 4.78 is 13.3. The van der Waals surface area contributed by atoms with Crippen molar-refractivity contribution in [1.29, 1.82) is 0 Å². The number of imidazole rings is 1. The fourth-order valence-electron chi connectivity index (χ4n) is 2.44. The molecule has 0 bridgehead atoms. The summed E-state index contributed by atoms with van der Waals surface area (Å²) in [6.07, 6.45) is 2.97. The van der Waals surface area contributed by atoms with E-state index in [0.717, 1.165) is 17.1 Å². The zero-order valence-electron chi connectivity index (χ0n) is 14.2. The van der Waals surface area contributed by atoms with Gasteiger partial charge < -0.3 is 19.1 Å². The van der Waals surface area contributed by atoms with Gasteiger partial charge in [0.05, 0.1) is 6.54 Å². The van der Waals surface area contributed by atoms with Gasteiger partial charge in [-0.2, -0.15) is 0 Å². The lowest BCUT2D eigenvalue weighted by Crippen LogP contribution is -2.23. The standard InChI is InChI=1S/C20H22N2O3/c1-16-21-11-12-22(16)13-18(23)15-25-20-9-7-19(8-10-20)24-14-17-5-3-2-4-6-17/h2-12,18,23H,13-15H2,1H3. The van der Waals surface area contributed by atoms with E-state index in [1.165, 1.54) is 0 Å². The summed E-state index contributed by atoms with van der Waals surface area (Å²) >= 11 is 0. The molecular formula is C20H22N2O3. The first kappa shape index (κ1) is 17.0. The van der Waals surface area contributed by atoms with Crippen LogP contribution < -0.4 is 9.47 Å². The number of hydrogen-bond donors (Lipinski definition) is 1. The van der Waals surface area contributed by atoms with Gasteiger partial charge in [0.1, 0.15) is 36.6 Å². The van der Waals surface area contributed by atoms with Crippen molar-refractivity contribution in [3.63, 3.8) is 0 Å². The van der Waals surface area contributed by atoms with Crippen molar-refractivity contribution in [3.05, 3.63) is 78.4 Å². The summed E-state index contributed by atoms with van der Waals surface area (Å²) in [5.74, 6) is 2.36. The summed E-state index contributed by atoms with van der Waals surface area (Å²) in [6, 6.07) is 17.4. The molecule has 25 heavy (non-hydrogen) atoms. The number of aryl methyl sites for hydroxylation is 1. The molecule has 0 fully saturated rings. The van der Waals surface area contributed by atoms with Gasteiger partial charge >= 0.3 is 0 Å². The Bertz CT molecular complexity index is 769. The lowest BCUT2D eigenvalue weighted by molar-refractivity contribution is 0.0919. The first-order chi connectivity index (χ1) is 12.2. The Hall–Kier alpha value is -2.79. The van der Waals surface area contributed by atoms with Crippen molar-refractivity contribution in [2.75, 3.05) is 6.61 Å². The molecule has 1 N–H and O–H groups in total. The van der Waals surface area contributed by atoms with E-state index in [1.807, 2.05) is 72.3 Å². The monoisotopic (exact) mass is 338 g/mol. The fraction of sp³-hybridized carbons (Fsp3) is 0.250. The Labute approximate surface area is 147 Å². The summed E-state index contributed by atoms with van der Waals surface area (Å²) in [5, 5.41) is 10.1. The van der Waals surface area contributed by atoms with Crippen molar-refractivity contribution >= 4 is 0 Å². The van der Waals surface area contributed by atoms with Gasteiger partial charge in [0.2, 0.25) is 0 Å². The fourth-order valence-corrected chi connectivity index (χ4v) is 2.44. The molecule has 1 atom stereocenters. The van der Waals surface area contributed by atoms with E-state index in [9.17, 15) is 5.11 Å². The predicted molar refractivity (Wildman–Crippen MR) is 95.7 cm³/mol. The zero-order valence-corrected chi connectivity index (χ0v) is 14.2. The highest BCUT2D eigenvalue weighted by Gasteiger charge is 2.08. The van der Waals surface area contributed by atoms with Crippen LogP contribution in [0.1, 0.15) is 11.4 Å². The molecule has 1 unspecified atom stereocenters. The largest absolute Gasteiger partial charge is 0.491 e. The average Bonchev–Trinajstić information content (AvgIpc) is 3.04. The molecular weight excluding hydrogens is 316 g/mol. The van der Waals surface area contributed by atoms with Crippen molar-refractivity contribution in [3.8, 4) is 11.5 Å². The van der Waals surface area contributed by atoms with Gasteiger partial charge in [-0.3, -0.25) is 0 Å². The summed E-state index contributed by atoms with van der Waals surface area (Å²) in [6.45, 7) is 3.12. The Morgan fingerprint density at radius 1 is 1.00 bits per heavy atom. The van der Waals surface area contributed by atoms with Gasteiger partial charge in [0.25, 0.3) is 0 Å². The molecule has 3 rings (SSSR count). The average molecular weight is 338 g/mol. The Balaban J connectivity index is 1.45. The number of ether oxygens (including phenoxy) is 2. The number of benzene rings is 2. The Morgan fingerprint density at radius 2 is 1.68 bits per heavy atom. The van der Waals surface area contributed by atoms with E-state index < -0.39 is 6.10 Å². The van der Waals surface area contributed by atoms with Crippen LogP contribution in [0.15, 0.2) is 67.0 Å². The summed E-state index contributed by atoms with van der Waals surface area (Å²) in [5.41, 5.74) is 1.13. The van der Waals surface area contributed by atoms with Crippen LogP contribution in [0.3, 0.4) is 0 Å². The maximum atomic E-state index is 10.1. The third-order valence-corrected chi connectivity index (χ3v) is 3.85. The quantitative estimate of drug-likeness (QED) is 0.685. The number of aliphatic hydroxyl groups is 1. The van der Waals surface area contributed by atoms with Crippen LogP contribution in [0.5, 0.6) is 11.5 Å². The zero-order chi connectivity index (χ0) is 17.5. The topological polar surface area (TPSA) is 56.5 Å². The minimum absolute atomic E-state index is 0.224. The summed E-state index contributed by atoms with van der Waals surface area (Å²) in [4.78, 5) is 4.13. The molecule has 1 aromatic heterocycles. The molecule has 0 saturated carbocycles. The number of hydrogen-bond acceptors (Lipinski definition) is 4. The number of aliphatic hydroxyl groups excluding tert-OH is 1. The van der Waals surface area contributed by atoms with Gasteiger partial charge in [-0.15, -0.1) is 0 Å². The highest BCUT2D eigenvalue weighted by atomic mass is 16.5. The second kappa shape index (κ2) is 8.35. The van der Waals surface area contributed by atoms with Gasteiger partial charge in [-0.05, 0) is 36.8 Å². The van der Waals surface area contributed by atoms with Crippen molar-refractivity contribution in [2.45, 2.75) is 26.2 Å². The van der Waals surface area contributed by atoms with Crippen LogP contribution in [-0.4, -0.2) is 27.4 Å². The first-order valence-corrected chi connectivity index (χ1v) is 8.26. The third kappa shape index (κ3) is 5.09. The van der Waals surface area contributed by atoms with Crippen molar-refractivity contribution in [1.82, 2.24) is 9.55 Å². The molecule has 1 heterocycles. The SMILES string of the molecule is Cc1nccn1CC(O)COc1ccc(OCc2ccccc2)cc1. The van der Waals surface area contributed by atoms with E-state index in [-0.39, 0.29) is 6.61 Å². The van der Waals surface area contributed by atoms with Gasteiger partial charge in [0, 0.05) is 12.4 Å².